The quantitative estimate of drug-likeness (QED) is 0.469. The number of carbonyl (C=O) groups is 1. The molecule has 0 spiro atoms. The van der Waals surface area contributed by atoms with Crippen LogP contribution in [0.25, 0.3) is 21.8 Å². The highest BCUT2D eigenvalue weighted by atomic mass is 35.5. The van der Waals surface area contributed by atoms with Crippen LogP contribution in [0.1, 0.15) is 17.5 Å². The number of carbonyl (C=O) groups excluding carboxylic acids is 1. The number of aromatic amines is 1. The minimum absolute atomic E-state index is 0.154. The Bertz CT molecular complexity index is 1250. The fourth-order valence-electron chi connectivity index (χ4n) is 3.72. The van der Waals surface area contributed by atoms with E-state index in [-0.39, 0.29) is 17.8 Å². The zero-order valence-electron chi connectivity index (χ0n) is 16.3. The van der Waals surface area contributed by atoms with Crippen molar-refractivity contribution in [3.05, 3.63) is 53.3 Å². The number of amides is 1. The van der Waals surface area contributed by atoms with E-state index >= 15 is 0 Å². The SMILES string of the molecule is C[C@@H]1CN(C(=O)c2nc(Nc3n[nH]c4ccccc34)c3cc(Cl)ccc3n2)CCN1. The van der Waals surface area contributed by atoms with Gasteiger partial charge >= 0.3 is 0 Å². The normalized spacial score (nSPS) is 16.9. The van der Waals surface area contributed by atoms with Gasteiger partial charge in [0.1, 0.15) is 5.82 Å². The molecule has 3 heterocycles. The second-order valence-electron chi connectivity index (χ2n) is 7.41. The van der Waals surface area contributed by atoms with Crippen LogP contribution >= 0.6 is 11.6 Å². The second-order valence-corrected chi connectivity index (χ2v) is 7.84. The van der Waals surface area contributed by atoms with Crippen LogP contribution in [0.4, 0.5) is 11.6 Å². The summed E-state index contributed by atoms with van der Waals surface area (Å²) in [5.41, 5.74) is 1.55. The highest BCUT2D eigenvalue weighted by Crippen LogP contribution is 2.29. The number of para-hydroxylation sites is 1. The van der Waals surface area contributed by atoms with Gasteiger partial charge in [-0.1, -0.05) is 23.7 Å². The lowest BCUT2D eigenvalue weighted by molar-refractivity contribution is 0.0697. The molecule has 0 aliphatic carbocycles. The largest absolute Gasteiger partial charge is 0.333 e. The summed E-state index contributed by atoms with van der Waals surface area (Å²) in [6.07, 6.45) is 0. The predicted octanol–water partition coefficient (Wildman–Crippen LogP) is 3.34. The maximum atomic E-state index is 13.1. The van der Waals surface area contributed by atoms with Crippen molar-refractivity contribution in [2.75, 3.05) is 25.0 Å². The minimum atomic E-state index is -0.185. The number of H-pyrrole nitrogens is 1. The van der Waals surface area contributed by atoms with Crippen molar-refractivity contribution in [2.24, 2.45) is 0 Å². The molecule has 1 saturated heterocycles. The summed E-state index contributed by atoms with van der Waals surface area (Å²) in [5.74, 6) is 1.09. The Morgan fingerprint density at radius 2 is 2.03 bits per heavy atom. The molecular weight excluding hydrogens is 402 g/mol. The molecule has 1 aliphatic rings. The Morgan fingerprint density at radius 3 is 2.90 bits per heavy atom. The summed E-state index contributed by atoms with van der Waals surface area (Å²) < 4.78 is 0. The van der Waals surface area contributed by atoms with E-state index in [9.17, 15) is 4.79 Å². The van der Waals surface area contributed by atoms with Gasteiger partial charge in [0.25, 0.3) is 5.91 Å². The molecule has 0 radical (unpaired) electrons. The van der Waals surface area contributed by atoms with Crippen molar-refractivity contribution in [3.63, 3.8) is 0 Å². The molecule has 9 heteroatoms. The van der Waals surface area contributed by atoms with Crippen LogP contribution in [-0.4, -0.2) is 56.6 Å². The van der Waals surface area contributed by atoms with E-state index in [2.05, 4.69) is 37.7 Å². The third kappa shape index (κ3) is 3.44. The van der Waals surface area contributed by atoms with Gasteiger partial charge in [-0.05, 0) is 37.3 Å². The third-order valence-electron chi connectivity index (χ3n) is 5.21. The lowest BCUT2D eigenvalue weighted by Gasteiger charge is -2.31. The Labute approximate surface area is 177 Å². The van der Waals surface area contributed by atoms with E-state index in [4.69, 9.17) is 11.6 Å². The lowest BCUT2D eigenvalue weighted by Crippen LogP contribution is -2.51. The van der Waals surface area contributed by atoms with Gasteiger partial charge in [-0.3, -0.25) is 9.89 Å². The average molecular weight is 422 g/mol. The summed E-state index contributed by atoms with van der Waals surface area (Å²) in [5, 5.41) is 16.2. The Kier molecular flexibility index (Phi) is 4.72. The van der Waals surface area contributed by atoms with E-state index in [0.717, 1.165) is 22.8 Å². The first-order valence-corrected chi connectivity index (χ1v) is 10.2. The first-order valence-electron chi connectivity index (χ1n) is 9.78. The van der Waals surface area contributed by atoms with Crippen molar-refractivity contribution in [2.45, 2.75) is 13.0 Å². The molecule has 0 bridgehead atoms. The van der Waals surface area contributed by atoms with Crippen molar-refractivity contribution in [3.8, 4) is 0 Å². The number of halogens is 1. The summed E-state index contributed by atoms with van der Waals surface area (Å²) in [6.45, 7) is 4.05. The molecule has 4 aromatic rings. The van der Waals surface area contributed by atoms with Crippen molar-refractivity contribution < 1.29 is 4.79 Å². The first kappa shape index (κ1) is 18.8. The maximum absolute atomic E-state index is 13.1. The molecule has 0 unspecified atom stereocenters. The molecule has 3 N–H and O–H groups in total. The van der Waals surface area contributed by atoms with E-state index in [0.29, 0.717) is 35.3 Å². The number of nitrogens with zero attached hydrogens (tertiary/aromatic N) is 4. The van der Waals surface area contributed by atoms with Gasteiger partial charge in [-0.15, -0.1) is 0 Å². The van der Waals surface area contributed by atoms with E-state index in [1.807, 2.05) is 24.3 Å². The zero-order chi connectivity index (χ0) is 20.7. The lowest BCUT2D eigenvalue weighted by atomic mass is 10.2. The van der Waals surface area contributed by atoms with Crippen LogP contribution in [0.5, 0.6) is 0 Å². The smallest absolute Gasteiger partial charge is 0.291 e. The molecule has 5 rings (SSSR count). The second kappa shape index (κ2) is 7.55. The molecule has 1 aliphatic heterocycles. The fraction of sp³-hybridized carbons (Fsp3) is 0.238. The number of piperazine rings is 1. The highest BCUT2D eigenvalue weighted by Gasteiger charge is 2.25. The molecule has 30 heavy (non-hydrogen) atoms. The number of hydrogen-bond donors (Lipinski definition) is 3. The third-order valence-corrected chi connectivity index (χ3v) is 5.45. The minimum Gasteiger partial charge on any atom is -0.333 e. The van der Waals surface area contributed by atoms with Crippen molar-refractivity contribution in [1.29, 1.82) is 0 Å². The van der Waals surface area contributed by atoms with Gasteiger partial charge in [0, 0.05) is 41.5 Å². The Hall–Kier alpha value is -3.23. The molecular formula is C21H20ClN7O. The summed E-state index contributed by atoms with van der Waals surface area (Å²) in [4.78, 5) is 24.0. The fourth-order valence-corrected chi connectivity index (χ4v) is 3.89. The van der Waals surface area contributed by atoms with Gasteiger partial charge in [0.2, 0.25) is 5.82 Å². The molecule has 152 valence electrons. The number of rotatable bonds is 3. The Balaban J connectivity index is 1.59. The molecule has 2 aromatic heterocycles. The summed E-state index contributed by atoms with van der Waals surface area (Å²) in [7, 11) is 0. The summed E-state index contributed by atoms with van der Waals surface area (Å²) >= 11 is 6.22. The van der Waals surface area contributed by atoms with E-state index in [1.54, 1.807) is 23.1 Å². The van der Waals surface area contributed by atoms with Gasteiger partial charge in [-0.2, -0.15) is 5.10 Å². The van der Waals surface area contributed by atoms with Crippen molar-refractivity contribution >= 4 is 50.9 Å². The van der Waals surface area contributed by atoms with Crippen LogP contribution in [0.15, 0.2) is 42.5 Å². The first-order chi connectivity index (χ1) is 14.6. The number of aromatic nitrogens is 4. The topological polar surface area (TPSA) is 98.8 Å². The van der Waals surface area contributed by atoms with Crippen LogP contribution < -0.4 is 10.6 Å². The maximum Gasteiger partial charge on any atom is 0.291 e. The van der Waals surface area contributed by atoms with Gasteiger partial charge < -0.3 is 15.5 Å². The molecule has 8 nitrogen and oxygen atoms in total. The standard InChI is InChI=1S/C21H20ClN7O/c1-12-11-29(9-8-23-12)21(30)20-24-16-7-6-13(22)10-15(16)18(26-20)25-19-14-4-2-3-5-17(14)27-28-19/h2-7,10,12,23H,8-9,11H2,1H3,(H2,24,25,26,27,28)/t12-/m1/s1. The van der Waals surface area contributed by atoms with Crippen LogP contribution in [0.3, 0.4) is 0 Å². The molecule has 1 amide bonds. The monoisotopic (exact) mass is 421 g/mol. The Morgan fingerprint density at radius 1 is 1.17 bits per heavy atom. The number of nitrogens with one attached hydrogen (secondary N) is 3. The molecule has 1 atom stereocenters. The van der Waals surface area contributed by atoms with Crippen molar-refractivity contribution in [1.82, 2.24) is 30.4 Å². The van der Waals surface area contributed by atoms with Gasteiger partial charge in [0.15, 0.2) is 5.82 Å². The van der Waals surface area contributed by atoms with Crippen LogP contribution in [0, 0.1) is 0 Å². The number of benzene rings is 2. The van der Waals surface area contributed by atoms with E-state index < -0.39 is 0 Å². The van der Waals surface area contributed by atoms with E-state index in [1.165, 1.54) is 0 Å². The predicted molar refractivity (Wildman–Crippen MR) is 117 cm³/mol. The number of anilines is 2. The number of hydrogen-bond acceptors (Lipinski definition) is 6. The molecule has 1 fully saturated rings. The molecule has 0 saturated carbocycles. The average Bonchev–Trinajstić information content (AvgIpc) is 3.16. The zero-order valence-corrected chi connectivity index (χ0v) is 17.1. The summed E-state index contributed by atoms with van der Waals surface area (Å²) in [6, 6.07) is 13.4. The van der Waals surface area contributed by atoms with Crippen LogP contribution in [0.2, 0.25) is 5.02 Å². The number of fused-ring (bicyclic) bond motifs is 2. The molecule has 2 aromatic carbocycles. The highest BCUT2D eigenvalue weighted by molar-refractivity contribution is 6.31. The van der Waals surface area contributed by atoms with Crippen LogP contribution in [-0.2, 0) is 0 Å². The van der Waals surface area contributed by atoms with Gasteiger partial charge in [-0.25, -0.2) is 9.97 Å². The van der Waals surface area contributed by atoms with Gasteiger partial charge in [0.05, 0.1) is 11.0 Å².